The Labute approximate surface area is 185 Å². The van der Waals surface area contributed by atoms with Gasteiger partial charge < -0.3 is 25.5 Å². The summed E-state index contributed by atoms with van der Waals surface area (Å²) in [4.78, 5) is 0. The van der Waals surface area contributed by atoms with E-state index in [1.807, 2.05) is 43.3 Å². The Hall–Kier alpha value is -2.81. The Morgan fingerprint density at radius 2 is 2.10 bits per heavy atom. The monoisotopic (exact) mass is 445 g/mol. The summed E-state index contributed by atoms with van der Waals surface area (Å²) in [6, 6.07) is 13.1. The number of ether oxygens (including phenoxy) is 1. The number of nitrogens with one attached hydrogen (secondary N) is 3. The number of para-hydroxylation sites is 1. The van der Waals surface area contributed by atoms with Gasteiger partial charge in [0.15, 0.2) is 5.11 Å². The SMILES string of the molecule is COCC(C)(NC(=S)Nc1c(N)cccc1Cn1ccoc1=N)c1cccc(Cl)c1. The Kier molecular flexibility index (Phi) is 6.81. The van der Waals surface area contributed by atoms with E-state index in [1.165, 1.54) is 6.26 Å². The van der Waals surface area contributed by atoms with Crippen LogP contribution in [0.5, 0.6) is 0 Å². The first-order valence-corrected chi connectivity index (χ1v) is 10.0. The number of aromatic nitrogens is 1. The lowest BCUT2D eigenvalue weighted by atomic mass is 9.93. The molecule has 1 aromatic heterocycles. The standard InChI is InChI=1S/C21H24ClN5O2S/c1-21(13-28-2,15-6-4-7-16(22)11-15)26-20(30)25-18-14(5-3-8-17(18)23)12-27-9-10-29-19(27)24/h3-11,24H,12-13,23H2,1-2H3,(H2,25,26,30). The van der Waals surface area contributed by atoms with Crippen molar-refractivity contribution in [1.29, 1.82) is 5.41 Å². The molecule has 9 heteroatoms. The summed E-state index contributed by atoms with van der Waals surface area (Å²) in [5, 5.41) is 15.4. The molecule has 3 aromatic rings. The highest BCUT2D eigenvalue weighted by Crippen LogP contribution is 2.27. The molecule has 0 aliphatic carbocycles. The number of oxazole rings is 1. The minimum atomic E-state index is -0.610. The fraction of sp³-hybridized carbons (Fsp3) is 0.238. The smallest absolute Gasteiger partial charge is 0.293 e. The molecule has 158 valence electrons. The molecule has 2 aromatic carbocycles. The molecular weight excluding hydrogens is 422 g/mol. The largest absolute Gasteiger partial charge is 0.432 e. The van der Waals surface area contributed by atoms with Crippen molar-refractivity contribution >= 4 is 40.3 Å². The summed E-state index contributed by atoms with van der Waals surface area (Å²) < 4.78 is 12.1. The predicted molar refractivity (Wildman–Crippen MR) is 123 cm³/mol. The molecule has 0 radical (unpaired) electrons. The lowest BCUT2D eigenvalue weighted by Crippen LogP contribution is -2.48. The van der Waals surface area contributed by atoms with Crippen molar-refractivity contribution in [1.82, 2.24) is 9.88 Å². The molecular formula is C21H24ClN5O2S. The van der Waals surface area contributed by atoms with Crippen LogP contribution in [0.15, 0.2) is 59.3 Å². The van der Waals surface area contributed by atoms with Gasteiger partial charge in [-0.05, 0) is 48.5 Å². The molecule has 5 N–H and O–H groups in total. The second-order valence-corrected chi connectivity index (χ2v) is 7.92. The predicted octanol–water partition coefficient (Wildman–Crippen LogP) is 3.69. The number of benzene rings is 2. The van der Waals surface area contributed by atoms with Crippen LogP contribution < -0.4 is 22.1 Å². The zero-order valence-electron chi connectivity index (χ0n) is 16.7. The van der Waals surface area contributed by atoms with Crippen LogP contribution in [0.3, 0.4) is 0 Å². The summed E-state index contributed by atoms with van der Waals surface area (Å²) in [5.74, 6) is 0. The van der Waals surface area contributed by atoms with Gasteiger partial charge in [0.2, 0.25) is 0 Å². The topological polar surface area (TPSA) is 101 Å². The molecule has 7 nitrogen and oxygen atoms in total. The number of nitrogens with two attached hydrogens (primary N) is 1. The van der Waals surface area contributed by atoms with Crippen molar-refractivity contribution in [3.63, 3.8) is 0 Å². The Morgan fingerprint density at radius 3 is 2.77 bits per heavy atom. The summed E-state index contributed by atoms with van der Waals surface area (Å²) in [6.45, 7) is 2.77. The summed E-state index contributed by atoms with van der Waals surface area (Å²) in [7, 11) is 1.63. The second kappa shape index (κ2) is 9.34. The zero-order valence-corrected chi connectivity index (χ0v) is 18.3. The molecule has 0 aliphatic rings. The number of anilines is 2. The van der Waals surface area contributed by atoms with Gasteiger partial charge in [0.05, 0.1) is 30.1 Å². The molecule has 1 atom stereocenters. The van der Waals surface area contributed by atoms with Gasteiger partial charge in [0.1, 0.15) is 6.26 Å². The number of hydrogen-bond acceptors (Lipinski definition) is 5. The van der Waals surface area contributed by atoms with E-state index in [4.69, 9.17) is 44.1 Å². The third kappa shape index (κ3) is 5.02. The van der Waals surface area contributed by atoms with Crippen molar-refractivity contribution in [2.75, 3.05) is 24.8 Å². The van der Waals surface area contributed by atoms with Crippen LogP contribution in [0.2, 0.25) is 5.02 Å². The Balaban J connectivity index is 1.84. The maximum absolute atomic E-state index is 7.82. The van der Waals surface area contributed by atoms with Crippen LogP contribution >= 0.6 is 23.8 Å². The van der Waals surface area contributed by atoms with E-state index in [0.717, 1.165) is 11.1 Å². The quantitative estimate of drug-likeness (QED) is 0.327. The Bertz CT molecular complexity index is 1100. The van der Waals surface area contributed by atoms with E-state index in [-0.39, 0.29) is 5.68 Å². The van der Waals surface area contributed by atoms with Crippen LogP contribution in [0, 0.1) is 5.41 Å². The van der Waals surface area contributed by atoms with E-state index >= 15 is 0 Å². The summed E-state index contributed by atoms with van der Waals surface area (Å²) in [6.07, 6.45) is 3.16. The maximum atomic E-state index is 7.82. The number of nitrogens with zero attached hydrogens (tertiary/aromatic N) is 1. The highest BCUT2D eigenvalue weighted by molar-refractivity contribution is 7.80. The first-order chi connectivity index (χ1) is 14.3. The molecule has 0 saturated carbocycles. The molecule has 0 amide bonds. The third-order valence-electron chi connectivity index (χ3n) is 4.73. The lowest BCUT2D eigenvalue weighted by molar-refractivity contribution is 0.130. The van der Waals surface area contributed by atoms with E-state index < -0.39 is 5.54 Å². The summed E-state index contributed by atoms with van der Waals surface area (Å²) in [5.41, 5.74) is 8.69. The molecule has 0 spiro atoms. The average Bonchev–Trinajstić information content (AvgIpc) is 3.09. The molecule has 3 rings (SSSR count). The van der Waals surface area contributed by atoms with E-state index in [1.54, 1.807) is 23.9 Å². The molecule has 30 heavy (non-hydrogen) atoms. The van der Waals surface area contributed by atoms with Gasteiger partial charge in [-0.1, -0.05) is 35.9 Å². The van der Waals surface area contributed by atoms with Crippen LogP contribution in [0.4, 0.5) is 11.4 Å². The number of thiocarbonyl (C=S) groups is 1. The highest BCUT2D eigenvalue weighted by Gasteiger charge is 2.28. The first kappa shape index (κ1) is 21.9. The fourth-order valence-electron chi connectivity index (χ4n) is 3.22. The minimum absolute atomic E-state index is 0.0534. The second-order valence-electron chi connectivity index (χ2n) is 7.07. The van der Waals surface area contributed by atoms with Crippen LogP contribution in [0.1, 0.15) is 18.1 Å². The molecule has 0 aliphatic heterocycles. The highest BCUT2D eigenvalue weighted by atomic mass is 35.5. The van der Waals surface area contributed by atoms with Crippen molar-refractivity contribution in [2.45, 2.75) is 19.0 Å². The van der Waals surface area contributed by atoms with Gasteiger partial charge in [-0.3, -0.25) is 9.98 Å². The molecule has 0 fully saturated rings. The number of nitrogen functional groups attached to an aromatic ring is 1. The zero-order chi connectivity index (χ0) is 21.7. The number of rotatable bonds is 7. The fourth-order valence-corrected chi connectivity index (χ4v) is 3.74. The third-order valence-corrected chi connectivity index (χ3v) is 5.17. The van der Waals surface area contributed by atoms with Crippen molar-refractivity contribution < 1.29 is 9.15 Å². The van der Waals surface area contributed by atoms with E-state index in [0.29, 0.717) is 34.7 Å². The van der Waals surface area contributed by atoms with Gasteiger partial charge in [-0.15, -0.1) is 0 Å². The number of halogens is 1. The number of hydrogen-bond donors (Lipinski definition) is 4. The van der Waals surface area contributed by atoms with Crippen molar-refractivity contribution in [2.24, 2.45) is 0 Å². The van der Waals surface area contributed by atoms with E-state index in [9.17, 15) is 0 Å². The van der Waals surface area contributed by atoms with Crippen LogP contribution in [0.25, 0.3) is 0 Å². The molecule has 0 bridgehead atoms. The lowest BCUT2D eigenvalue weighted by Gasteiger charge is -2.32. The molecule has 0 saturated heterocycles. The minimum Gasteiger partial charge on any atom is -0.432 e. The normalized spacial score (nSPS) is 12.9. The van der Waals surface area contributed by atoms with Crippen LogP contribution in [-0.4, -0.2) is 23.4 Å². The average molecular weight is 446 g/mol. The van der Waals surface area contributed by atoms with Gasteiger partial charge in [-0.25, -0.2) is 0 Å². The molecule has 1 unspecified atom stereocenters. The van der Waals surface area contributed by atoms with Gasteiger partial charge in [0.25, 0.3) is 5.68 Å². The van der Waals surface area contributed by atoms with Crippen molar-refractivity contribution in [3.05, 3.63) is 76.8 Å². The van der Waals surface area contributed by atoms with Crippen LogP contribution in [-0.2, 0) is 16.8 Å². The van der Waals surface area contributed by atoms with E-state index in [2.05, 4.69) is 10.6 Å². The van der Waals surface area contributed by atoms with Gasteiger partial charge >= 0.3 is 0 Å². The number of methoxy groups -OCH3 is 1. The van der Waals surface area contributed by atoms with Crippen molar-refractivity contribution in [3.8, 4) is 0 Å². The molecule has 1 heterocycles. The van der Waals surface area contributed by atoms with Gasteiger partial charge in [0, 0.05) is 18.3 Å². The van der Waals surface area contributed by atoms with Gasteiger partial charge in [-0.2, -0.15) is 0 Å². The maximum Gasteiger partial charge on any atom is 0.293 e. The first-order valence-electron chi connectivity index (χ1n) is 9.22. The summed E-state index contributed by atoms with van der Waals surface area (Å²) >= 11 is 11.8. The Morgan fingerprint density at radius 1 is 1.33 bits per heavy atom.